The van der Waals surface area contributed by atoms with Crippen LogP contribution in [0.25, 0.3) is 33.3 Å². The fraction of sp³-hybridized carbons (Fsp3) is 0.0625. The van der Waals surface area contributed by atoms with Crippen molar-refractivity contribution in [3.8, 4) is 22.3 Å². The van der Waals surface area contributed by atoms with Crippen molar-refractivity contribution in [2.24, 2.45) is 0 Å². The van der Waals surface area contributed by atoms with Crippen molar-refractivity contribution in [3.05, 3.63) is 127 Å². The summed E-state index contributed by atoms with van der Waals surface area (Å²) in [5, 5.41) is 0. The van der Waals surface area contributed by atoms with Gasteiger partial charge in [0.1, 0.15) is 11.0 Å². The molecule has 1 heterocycles. The first-order chi connectivity index (χ1) is 19.0. The molecule has 7 heteroatoms. The van der Waals surface area contributed by atoms with Gasteiger partial charge in [-0.25, -0.2) is 0 Å². The zero-order chi connectivity index (χ0) is 27.2. The van der Waals surface area contributed by atoms with Gasteiger partial charge in [0.25, 0.3) is 0 Å². The van der Waals surface area contributed by atoms with Gasteiger partial charge in [-0.05, 0) is 54.4 Å². The number of aryl methyl sites for hydroxylation is 1. The van der Waals surface area contributed by atoms with Crippen LogP contribution in [0, 0.1) is 6.92 Å². The van der Waals surface area contributed by atoms with E-state index < -0.39 is 4.30 Å². The van der Waals surface area contributed by atoms with Crippen LogP contribution in [0.4, 0.5) is 17.1 Å². The first-order valence-corrected chi connectivity index (χ1v) is 14.3. The molecule has 0 radical (unpaired) electrons. The number of halogens is 3. The molecule has 0 saturated heterocycles. The van der Waals surface area contributed by atoms with E-state index in [2.05, 4.69) is 130 Å². The highest BCUT2D eigenvalue weighted by Gasteiger charge is 2.15. The van der Waals surface area contributed by atoms with Gasteiger partial charge in [-0.15, -0.1) is 0 Å². The van der Waals surface area contributed by atoms with E-state index in [-0.39, 0.29) is 0 Å². The van der Waals surface area contributed by atoms with Crippen LogP contribution in [0.2, 0.25) is 0 Å². The largest absolute Gasteiger partial charge is 0.311 e. The topological polar surface area (TPSA) is 29.0 Å². The van der Waals surface area contributed by atoms with Gasteiger partial charge >= 0.3 is 0 Å². The Labute approximate surface area is 247 Å². The monoisotopic (exact) mass is 587 g/mol. The molecule has 0 aliphatic heterocycles. The molecule has 6 rings (SSSR count). The maximum absolute atomic E-state index is 4.81. The molecular weight excluding hydrogens is 565 g/mol. The van der Waals surface area contributed by atoms with Crippen molar-refractivity contribution in [2.75, 3.05) is 4.90 Å². The fourth-order valence-corrected chi connectivity index (χ4v) is 5.03. The van der Waals surface area contributed by atoms with E-state index in [1.54, 1.807) is 0 Å². The maximum atomic E-state index is 4.81. The third kappa shape index (κ3) is 6.43. The molecule has 194 valence electrons. The lowest BCUT2D eigenvalue weighted by atomic mass is 9.97. The van der Waals surface area contributed by atoms with Gasteiger partial charge < -0.3 is 4.90 Å². The maximum Gasteiger partial charge on any atom is 0.180 e. The van der Waals surface area contributed by atoms with Gasteiger partial charge in [0.15, 0.2) is 4.30 Å². The second-order valence-corrected chi connectivity index (χ2v) is 11.3. The van der Waals surface area contributed by atoms with E-state index in [0.29, 0.717) is 0 Å². The molecular formula is C32H24Cl3N3S. The van der Waals surface area contributed by atoms with E-state index in [0.717, 1.165) is 50.3 Å². The zero-order valence-corrected chi connectivity index (χ0v) is 24.1. The van der Waals surface area contributed by atoms with Gasteiger partial charge in [-0.1, -0.05) is 125 Å². The average Bonchev–Trinajstić information content (AvgIpc) is 3.45. The van der Waals surface area contributed by atoms with E-state index >= 15 is 0 Å². The summed E-state index contributed by atoms with van der Waals surface area (Å²) in [7, 11) is 0. The highest BCUT2D eigenvalue weighted by Crippen LogP contribution is 2.38. The van der Waals surface area contributed by atoms with E-state index in [9.17, 15) is 0 Å². The number of anilines is 3. The molecule has 0 saturated carbocycles. The van der Waals surface area contributed by atoms with Gasteiger partial charge in [0, 0.05) is 28.2 Å². The van der Waals surface area contributed by atoms with Crippen LogP contribution in [0.3, 0.4) is 0 Å². The summed E-state index contributed by atoms with van der Waals surface area (Å²) in [6, 6.07) is 42.5. The lowest BCUT2D eigenvalue weighted by molar-refractivity contribution is 1.28. The summed E-state index contributed by atoms with van der Waals surface area (Å²) in [6.07, 6.45) is 0. The van der Waals surface area contributed by atoms with Crippen LogP contribution >= 0.6 is 46.5 Å². The minimum atomic E-state index is -0.750. The zero-order valence-electron chi connectivity index (χ0n) is 21.0. The summed E-state index contributed by atoms with van der Waals surface area (Å²) >= 11 is 15.7. The van der Waals surface area contributed by atoms with Crippen LogP contribution < -0.4 is 4.90 Å². The average molecular weight is 589 g/mol. The smallest absolute Gasteiger partial charge is 0.180 e. The Kier molecular flexibility index (Phi) is 8.80. The number of alkyl halides is 3. The molecule has 5 aromatic carbocycles. The van der Waals surface area contributed by atoms with Crippen LogP contribution in [0.5, 0.6) is 0 Å². The minimum absolute atomic E-state index is 0.750. The summed E-state index contributed by atoms with van der Waals surface area (Å²) in [5.41, 5.74) is 11.0. The van der Waals surface area contributed by atoms with Crippen molar-refractivity contribution in [3.63, 3.8) is 0 Å². The van der Waals surface area contributed by atoms with Gasteiger partial charge in [0.2, 0.25) is 0 Å². The predicted molar refractivity (Wildman–Crippen MR) is 169 cm³/mol. The molecule has 0 aliphatic rings. The summed E-state index contributed by atoms with van der Waals surface area (Å²) in [4.78, 5) is 2.27. The van der Waals surface area contributed by atoms with Gasteiger partial charge in [-0.3, -0.25) is 0 Å². The molecule has 0 unspecified atom stereocenters. The Morgan fingerprint density at radius 1 is 0.538 bits per heavy atom. The highest BCUT2D eigenvalue weighted by atomic mass is 35.6. The molecule has 0 spiro atoms. The van der Waals surface area contributed by atoms with Gasteiger partial charge in [0.05, 0.1) is 11.7 Å². The number of nitrogens with zero attached hydrogens (tertiary/aromatic N) is 3. The van der Waals surface area contributed by atoms with Crippen LogP contribution in [0.15, 0.2) is 121 Å². The molecule has 1 aromatic heterocycles. The standard InChI is InChI=1S/C31H23N3S.CHCl3/c1-22-12-14-23(15-13-22)28-20-21-29(31-30(28)32-35-33-31)24-16-18-27(19-17-24)34(25-8-4-2-5-9-25)26-10-6-3-7-11-26;2-1(3)4/h2-21H,1H3;1H. The summed E-state index contributed by atoms with van der Waals surface area (Å²) < 4.78 is 8.57. The Balaban J connectivity index is 0.000000723. The van der Waals surface area contributed by atoms with E-state index in [4.69, 9.17) is 34.8 Å². The lowest BCUT2D eigenvalue weighted by Crippen LogP contribution is -2.09. The summed E-state index contributed by atoms with van der Waals surface area (Å²) in [5.74, 6) is 0. The highest BCUT2D eigenvalue weighted by molar-refractivity contribution is 7.00. The molecule has 3 nitrogen and oxygen atoms in total. The second kappa shape index (κ2) is 12.6. The number of benzene rings is 5. The minimum Gasteiger partial charge on any atom is -0.311 e. The van der Waals surface area contributed by atoms with Crippen LogP contribution in [-0.4, -0.2) is 13.0 Å². The van der Waals surface area contributed by atoms with Crippen molar-refractivity contribution in [1.82, 2.24) is 8.75 Å². The third-order valence-corrected chi connectivity index (χ3v) is 6.77. The first kappa shape index (κ1) is 27.2. The van der Waals surface area contributed by atoms with Crippen molar-refractivity contribution >= 4 is 74.6 Å². The van der Waals surface area contributed by atoms with Gasteiger partial charge in [-0.2, -0.15) is 8.75 Å². The van der Waals surface area contributed by atoms with E-state index in [1.807, 2.05) is 12.1 Å². The molecule has 0 bridgehead atoms. The Morgan fingerprint density at radius 2 is 0.923 bits per heavy atom. The molecule has 39 heavy (non-hydrogen) atoms. The Morgan fingerprint density at radius 3 is 1.36 bits per heavy atom. The van der Waals surface area contributed by atoms with E-state index in [1.165, 1.54) is 17.3 Å². The molecule has 0 atom stereocenters. The first-order valence-electron chi connectivity index (χ1n) is 12.3. The third-order valence-electron chi connectivity index (χ3n) is 6.24. The Hall–Kier alpha value is -3.41. The Bertz CT molecular complexity index is 1590. The van der Waals surface area contributed by atoms with Crippen molar-refractivity contribution < 1.29 is 0 Å². The number of rotatable bonds is 5. The number of hydrogen-bond donors (Lipinski definition) is 0. The lowest BCUT2D eigenvalue weighted by Gasteiger charge is -2.25. The molecule has 0 fully saturated rings. The SMILES string of the molecule is Cc1ccc(-c2ccc(-c3ccc(N(c4ccccc4)c4ccccc4)cc3)c3nsnc23)cc1.ClC(Cl)Cl. The molecule has 0 amide bonds. The number of hydrogen-bond acceptors (Lipinski definition) is 4. The number of fused-ring (bicyclic) bond motifs is 1. The second-order valence-electron chi connectivity index (χ2n) is 8.79. The predicted octanol–water partition coefficient (Wildman–Crippen LogP) is 10.8. The normalized spacial score (nSPS) is 10.8. The number of aromatic nitrogens is 2. The van der Waals surface area contributed by atoms with Crippen molar-refractivity contribution in [2.45, 2.75) is 11.2 Å². The molecule has 6 aromatic rings. The quantitative estimate of drug-likeness (QED) is 0.188. The van der Waals surface area contributed by atoms with Crippen molar-refractivity contribution in [1.29, 1.82) is 0 Å². The number of para-hydroxylation sites is 2. The molecule has 0 aliphatic carbocycles. The fourth-order valence-electron chi connectivity index (χ4n) is 4.46. The van der Waals surface area contributed by atoms with Crippen LogP contribution in [0.1, 0.15) is 5.56 Å². The van der Waals surface area contributed by atoms with Crippen LogP contribution in [-0.2, 0) is 0 Å². The molecule has 0 N–H and O–H groups in total. The summed E-state index contributed by atoms with van der Waals surface area (Å²) in [6.45, 7) is 2.10.